The van der Waals surface area contributed by atoms with Gasteiger partial charge in [-0.2, -0.15) is 0 Å². The Morgan fingerprint density at radius 2 is 1.83 bits per heavy atom. The highest BCUT2D eigenvalue weighted by atomic mass is 16.7. The van der Waals surface area contributed by atoms with Gasteiger partial charge in [0.2, 0.25) is 5.91 Å². The second-order valence-corrected chi connectivity index (χ2v) is 10.7. The van der Waals surface area contributed by atoms with E-state index in [1.807, 2.05) is 24.3 Å². The minimum atomic E-state index is -0.454. The monoisotopic (exact) mass is 624 g/mol. The maximum absolute atomic E-state index is 13.3. The van der Waals surface area contributed by atoms with Crippen LogP contribution in [0.25, 0.3) is 11.1 Å². The number of amides is 3. The van der Waals surface area contributed by atoms with Gasteiger partial charge in [-0.3, -0.25) is 29.2 Å². The van der Waals surface area contributed by atoms with Crippen LogP contribution in [0.1, 0.15) is 58.4 Å². The van der Waals surface area contributed by atoms with Crippen LogP contribution in [0.2, 0.25) is 0 Å². The van der Waals surface area contributed by atoms with Crippen LogP contribution < -0.4 is 20.7 Å². The van der Waals surface area contributed by atoms with Gasteiger partial charge in [-0.05, 0) is 49.1 Å². The molecule has 3 aromatic heterocycles. The summed E-state index contributed by atoms with van der Waals surface area (Å²) in [6, 6.07) is 14.3. The van der Waals surface area contributed by atoms with E-state index in [1.165, 1.54) is 26.3 Å². The van der Waals surface area contributed by atoms with Gasteiger partial charge in [0.05, 0.1) is 37.8 Å². The maximum atomic E-state index is 13.3. The number of carbonyl (C=O) groups excluding carboxylic acids is 3. The minimum Gasteiger partial charge on any atom is -0.494 e. The van der Waals surface area contributed by atoms with Crippen LogP contribution in [0.5, 0.6) is 5.75 Å². The van der Waals surface area contributed by atoms with Gasteiger partial charge < -0.3 is 20.7 Å². The molecule has 3 heterocycles. The summed E-state index contributed by atoms with van der Waals surface area (Å²) in [5.41, 5.74) is 4.33. The first-order chi connectivity index (χ1) is 22.3. The third kappa shape index (κ3) is 7.44. The average Bonchev–Trinajstić information content (AvgIpc) is 3.93. The lowest BCUT2D eigenvalue weighted by Gasteiger charge is -2.19. The molecule has 1 aliphatic rings. The molecule has 0 unspecified atom stereocenters. The van der Waals surface area contributed by atoms with Gasteiger partial charge in [-0.15, -0.1) is 10.2 Å². The van der Waals surface area contributed by atoms with E-state index in [9.17, 15) is 14.4 Å². The number of hydrogen-bond donors (Lipinski definition) is 3. The second kappa shape index (κ2) is 14.6. The molecule has 5 rings (SSSR count). The molecule has 0 atom stereocenters. The van der Waals surface area contributed by atoms with Gasteiger partial charge in [-0.25, -0.2) is 5.06 Å². The first-order valence-electron chi connectivity index (χ1n) is 15.0. The Morgan fingerprint density at radius 1 is 1.00 bits per heavy atom. The fourth-order valence-electron chi connectivity index (χ4n) is 4.87. The fraction of sp³-hybridized carbons (Fsp3) is 0.303. The predicted octanol–water partition coefficient (Wildman–Crippen LogP) is 4.55. The molecule has 3 N–H and O–H groups in total. The molecule has 46 heavy (non-hydrogen) atoms. The molecule has 0 spiro atoms. The summed E-state index contributed by atoms with van der Waals surface area (Å²) in [7, 11) is 4.46. The van der Waals surface area contributed by atoms with Crippen molar-refractivity contribution in [3.63, 3.8) is 0 Å². The van der Waals surface area contributed by atoms with E-state index in [4.69, 9.17) is 9.57 Å². The fourth-order valence-corrected chi connectivity index (χ4v) is 4.87. The SMILES string of the molecule is CCCc1ccnc(CN(OC)C(=O)c2ccc(-c3cccc(Nc4cc(NC(=O)C5CC5)nnc4C(=O)NC)c3OC)cn2)c1. The summed E-state index contributed by atoms with van der Waals surface area (Å²) in [5, 5.41) is 17.8. The van der Waals surface area contributed by atoms with E-state index in [0.29, 0.717) is 33.9 Å². The number of para-hydroxylation sites is 1. The molecule has 1 aromatic carbocycles. The lowest BCUT2D eigenvalue weighted by molar-refractivity contribution is -0.117. The van der Waals surface area contributed by atoms with Crippen LogP contribution in [0, 0.1) is 5.92 Å². The number of anilines is 3. The van der Waals surface area contributed by atoms with Gasteiger partial charge in [-0.1, -0.05) is 31.5 Å². The molecule has 13 heteroatoms. The van der Waals surface area contributed by atoms with Crippen LogP contribution >= 0.6 is 0 Å². The van der Waals surface area contributed by atoms with E-state index in [-0.39, 0.29) is 35.6 Å². The molecular weight excluding hydrogens is 588 g/mol. The van der Waals surface area contributed by atoms with Crippen molar-refractivity contribution in [2.75, 3.05) is 31.9 Å². The van der Waals surface area contributed by atoms with Crippen LogP contribution in [0.4, 0.5) is 17.2 Å². The van der Waals surface area contributed by atoms with Crippen molar-refractivity contribution in [2.45, 2.75) is 39.2 Å². The number of rotatable bonds is 13. The normalized spacial score (nSPS) is 12.3. The molecule has 0 saturated heterocycles. The summed E-state index contributed by atoms with van der Waals surface area (Å²) >= 11 is 0. The van der Waals surface area contributed by atoms with Gasteiger partial charge in [0.1, 0.15) is 11.4 Å². The van der Waals surface area contributed by atoms with Crippen LogP contribution in [0.15, 0.2) is 60.9 Å². The molecule has 0 radical (unpaired) electrons. The van der Waals surface area contributed by atoms with Gasteiger partial charge in [0.25, 0.3) is 11.8 Å². The summed E-state index contributed by atoms with van der Waals surface area (Å²) in [6.45, 7) is 2.28. The van der Waals surface area contributed by atoms with Crippen LogP contribution in [-0.2, 0) is 22.6 Å². The Labute approximate surface area is 266 Å². The summed E-state index contributed by atoms with van der Waals surface area (Å²) < 4.78 is 5.79. The Kier molecular flexibility index (Phi) is 10.1. The van der Waals surface area contributed by atoms with E-state index in [0.717, 1.165) is 31.2 Å². The van der Waals surface area contributed by atoms with E-state index in [1.54, 1.807) is 36.7 Å². The number of ether oxygens (including phenoxy) is 1. The highest BCUT2D eigenvalue weighted by Crippen LogP contribution is 2.38. The number of hydroxylamine groups is 2. The molecule has 1 fully saturated rings. The van der Waals surface area contributed by atoms with E-state index >= 15 is 0 Å². The molecular formula is C33H36N8O5. The first kappa shape index (κ1) is 32.0. The lowest BCUT2D eigenvalue weighted by Crippen LogP contribution is -2.30. The second-order valence-electron chi connectivity index (χ2n) is 10.7. The number of aromatic nitrogens is 4. The van der Waals surface area contributed by atoms with Crippen molar-refractivity contribution >= 4 is 34.9 Å². The van der Waals surface area contributed by atoms with Crippen LogP contribution in [-0.4, -0.2) is 64.2 Å². The Balaban J connectivity index is 1.38. The number of carbonyl (C=O) groups is 3. The smallest absolute Gasteiger partial charge is 0.296 e. The van der Waals surface area contributed by atoms with E-state index < -0.39 is 11.8 Å². The van der Waals surface area contributed by atoms with E-state index in [2.05, 4.69) is 43.0 Å². The number of benzene rings is 1. The van der Waals surface area contributed by atoms with Crippen molar-refractivity contribution in [3.05, 3.63) is 83.6 Å². The quantitative estimate of drug-likeness (QED) is 0.180. The molecule has 1 aliphatic carbocycles. The van der Waals surface area contributed by atoms with Crippen molar-refractivity contribution < 1.29 is 24.0 Å². The Hall–Kier alpha value is -5.43. The van der Waals surface area contributed by atoms with Gasteiger partial charge in [0, 0.05) is 42.6 Å². The van der Waals surface area contributed by atoms with Crippen molar-refractivity contribution in [1.29, 1.82) is 0 Å². The zero-order valence-corrected chi connectivity index (χ0v) is 26.2. The number of nitrogens with zero attached hydrogens (tertiary/aromatic N) is 5. The molecule has 3 amide bonds. The molecule has 13 nitrogen and oxygen atoms in total. The van der Waals surface area contributed by atoms with Crippen molar-refractivity contribution in [1.82, 2.24) is 30.5 Å². The summed E-state index contributed by atoms with van der Waals surface area (Å²) in [6.07, 6.45) is 6.93. The molecule has 238 valence electrons. The zero-order chi connectivity index (χ0) is 32.6. The number of nitrogens with one attached hydrogen (secondary N) is 3. The largest absolute Gasteiger partial charge is 0.494 e. The Bertz CT molecular complexity index is 1730. The molecule has 0 bridgehead atoms. The standard InChI is InChI=1S/C33H36N8O5/c1-5-7-20-14-15-35-23(16-20)19-41(46-4)33(44)26-13-12-22(18-36-26)24-8-6-9-25(30(24)45-3)37-27-17-28(38-31(42)21-10-11-21)39-40-29(27)32(43)34-2/h6,8-9,12-18,21H,5,7,10-11,19H2,1-4H3,(H,34,43)(H2,37,38,39,42). The first-order valence-corrected chi connectivity index (χ1v) is 15.0. The Morgan fingerprint density at radius 3 is 2.50 bits per heavy atom. The van der Waals surface area contributed by atoms with Crippen molar-refractivity contribution in [3.8, 4) is 16.9 Å². The zero-order valence-electron chi connectivity index (χ0n) is 26.2. The third-order valence-corrected chi connectivity index (χ3v) is 7.39. The van der Waals surface area contributed by atoms with Gasteiger partial charge in [0.15, 0.2) is 11.5 Å². The number of hydrogen-bond acceptors (Lipinski definition) is 10. The molecule has 4 aromatic rings. The van der Waals surface area contributed by atoms with Crippen molar-refractivity contribution in [2.24, 2.45) is 5.92 Å². The molecule has 0 aliphatic heterocycles. The number of aryl methyl sites for hydroxylation is 1. The average molecular weight is 625 g/mol. The third-order valence-electron chi connectivity index (χ3n) is 7.39. The molecule has 1 saturated carbocycles. The minimum absolute atomic E-state index is 0.0268. The van der Waals surface area contributed by atoms with Gasteiger partial charge >= 0.3 is 0 Å². The lowest BCUT2D eigenvalue weighted by atomic mass is 10.0. The highest BCUT2D eigenvalue weighted by Gasteiger charge is 2.30. The predicted molar refractivity (Wildman–Crippen MR) is 171 cm³/mol. The summed E-state index contributed by atoms with van der Waals surface area (Å²) in [4.78, 5) is 52.4. The summed E-state index contributed by atoms with van der Waals surface area (Å²) in [5.74, 6) is -0.335. The topological polar surface area (TPSA) is 161 Å². The number of pyridine rings is 2. The van der Waals surface area contributed by atoms with Crippen LogP contribution in [0.3, 0.4) is 0 Å². The maximum Gasteiger partial charge on any atom is 0.296 e. The highest BCUT2D eigenvalue weighted by molar-refractivity contribution is 6.00. The number of methoxy groups -OCH3 is 1.